The Bertz CT molecular complexity index is 1370. The quantitative estimate of drug-likeness (QED) is 0.633. The molecule has 0 radical (unpaired) electrons. The molecule has 1 aromatic heterocycles. The van der Waals surface area contributed by atoms with E-state index >= 15 is 0 Å². The number of allylic oxidation sites excluding steroid dienone is 1. The van der Waals surface area contributed by atoms with Crippen LogP contribution in [0, 0.1) is 0 Å². The number of hydrogen-bond acceptors (Lipinski definition) is 7. The van der Waals surface area contributed by atoms with E-state index in [1.165, 1.54) is 30.1 Å². The van der Waals surface area contributed by atoms with Crippen LogP contribution in [-0.4, -0.2) is 29.9 Å². The zero-order valence-electron chi connectivity index (χ0n) is 17.2. The van der Waals surface area contributed by atoms with Crippen molar-refractivity contribution in [2.45, 2.75) is 13.0 Å². The molecule has 4 rings (SSSR count). The van der Waals surface area contributed by atoms with E-state index in [9.17, 15) is 14.7 Å². The monoisotopic (exact) mass is 436 g/mol. The first-order valence-electron chi connectivity index (χ1n) is 9.48. The summed E-state index contributed by atoms with van der Waals surface area (Å²) in [4.78, 5) is 31.0. The highest BCUT2D eigenvalue weighted by Crippen LogP contribution is 2.31. The summed E-state index contributed by atoms with van der Waals surface area (Å²) >= 11 is 1.19. The molecular weight excluding hydrogens is 416 g/mol. The average Bonchev–Trinajstić information content (AvgIpc) is 3.09. The third-order valence-corrected chi connectivity index (χ3v) is 6.06. The van der Waals surface area contributed by atoms with E-state index in [4.69, 9.17) is 9.47 Å². The van der Waals surface area contributed by atoms with Crippen molar-refractivity contribution in [3.63, 3.8) is 0 Å². The minimum atomic E-state index is -0.661. The number of benzene rings is 2. The van der Waals surface area contributed by atoms with Crippen molar-refractivity contribution in [3.05, 3.63) is 90.6 Å². The van der Waals surface area contributed by atoms with Gasteiger partial charge < -0.3 is 14.6 Å². The second kappa shape index (κ2) is 8.23. The van der Waals surface area contributed by atoms with Crippen LogP contribution in [0.5, 0.6) is 11.5 Å². The van der Waals surface area contributed by atoms with Crippen molar-refractivity contribution in [3.8, 4) is 11.5 Å². The first kappa shape index (κ1) is 20.6. The third-order valence-electron chi connectivity index (χ3n) is 5.08. The lowest BCUT2D eigenvalue weighted by Crippen LogP contribution is -2.39. The number of methoxy groups -OCH3 is 2. The fraction of sp³-hybridized carbons (Fsp3) is 0.174. The number of hydrogen-bond donors (Lipinski definition) is 1. The molecule has 0 bridgehead atoms. The summed E-state index contributed by atoms with van der Waals surface area (Å²) in [6, 6.07) is 13.7. The fourth-order valence-corrected chi connectivity index (χ4v) is 4.64. The summed E-state index contributed by atoms with van der Waals surface area (Å²) in [5, 5.41) is 10.4. The van der Waals surface area contributed by atoms with Gasteiger partial charge in [0.1, 0.15) is 0 Å². The fourth-order valence-electron chi connectivity index (χ4n) is 3.61. The molecule has 0 fully saturated rings. The highest BCUT2D eigenvalue weighted by atomic mass is 32.1. The van der Waals surface area contributed by atoms with Gasteiger partial charge in [-0.25, -0.2) is 9.79 Å². The minimum Gasteiger partial charge on any atom is -0.504 e. The second-order valence-electron chi connectivity index (χ2n) is 6.88. The van der Waals surface area contributed by atoms with Crippen molar-refractivity contribution in [1.29, 1.82) is 0 Å². The number of rotatable bonds is 4. The molecule has 1 aliphatic rings. The van der Waals surface area contributed by atoms with E-state index in [0.717, 1.165) is 5.56 Å². The molecule has 1 N–H and O–H groups in total. The molecule has 7 nitrogen and oxygen atoms in total. The average molecular weight is 436 g/mol. The molecule has 0 aliphatic carbocycles. The van der Waals surface area contributed by atoms with Crippen LogP contribution in [0.4, 0.5) is 0 Å². The van der Waals surface area contributed by atoms with Gasteiger partial charge in [0.2, 0.25) is 0 Å². The number of para-hydroxylation sites is 1. The molecule has 2 heterocycles. The van der Waals surface area contributed by atoms with Crippen LogP contribution in [0.1, 0.15) is 24.1 Å². The molecule has 0 spiro atoms. The van der Waals surface area contributed by atoms with Crippen molar-refractivity contribution < 1.29 is 19.4 Å². The highest BCUT2D eigenvalue weighted by molar-refractivity contribution is 7.07. The van der Waals surface area contributed by atoms with E-state index in [1.807, 2.05) is 30.3 Å². The van der Waals surface area contributed by atoms with Gasteiger partial charge in [-0.2, -0.15) is 0 Å². The van der Waals surface area contributed by atoms with Crippen molar-refractivity contribution in [2.75, 3.05) is 14.2 Å². The zero-order chi connectivity index (χ0) is 22.1. The Labute approximate surface area is 181 Å². The predicted octanol–water partition coefficient (Wildman–Crippen LogP) is 2.12. The lowest BCUT2D eigenvalue weighted by atomic mass is 9.96. The number of esters is 1. The Morgan fingerprint density at radius 3 is 2.58 bits per heavy atom. The van der Waals surface area contributed by atoms with Crippen LogP contribution in [-0.2, 0) is 9.53 Å². The lowest BCUT2D eigenvalue weighted by Gasteiger charge is -2.24. The SMILES string of the molecule is COC(=O)C1=C(C)N=c2s/c(=C\c3cccc(OC)c3O)c(=O)n2C1c1ccccc1. The molecule has 1 atom stereocenters. The summed E-state index contributed by atoms with van der Waals surface area (Å²) in [6.45, 7) is 1.73. The van der Waals surface area contributed by atoms with Crippen molar-refractivity contribution in [1.82, 2.24) is 4.57 Å². The summed E-state index contributed by atoms with van der Waals surface area (Å²) < 4.78 is 12.0. The maximum absolute atomic E-state index is 13.4. The van der Waals surface area contributed by atoms with Gasteiger partial charge in [0, 0.05) is 5.56 Å². The Morgan fingerprint density at radius 2 is 1.90 bits per heavy atom. The number of fused-ring (bicyclic) bond motifs is 1. The number of aromatic nitrogens is 1. The number of carbonyl (C=O) groups is 1. The van der Waals surface area contributed by atoms with Crippen LogP contribution < -0.4 is 19.6 Å². The van der Waals surface area contributed by atoms with Crippen LogP contribution in [0.2, 0.25) is 0 Å². The number of ether oxygens (including phenoxy) is 2. The van der Waals surface area contributed by atoms with E-state index < -0.39 is 12.0 Å². The van der Waals surface area contributed by atoms with Crippen molar-refractivity contribution >= 4 is 23.4 Å². The van der Waals surface area contributed by atoms with Gasteiger partial charge in [0.15, 0.2) is 16.3 Å². The molecule has 0 amide bonds. The first-order chi connectivity index (χ1) is 15.0. The smallest absolute Gasteiger partial charge is 0.338 e. The van der Waals surface area contributed by atoms with Gasteiger partial charge in [-0.1, -0.05) is 53.8 Å². The maximum Gasteiger partial charge on any atom is 0.338 e. The lowest BCUT2D eigenvalue weighted by molar-refractivity contribution is -0.136. The van der Waals surface area contributed by atoms with E-state index in [2.05, 4.69) is 4.99 Å². The topological polar surface area (TPSA) is 90.1 Å². The van der Waals surface area contributed by atoms with Crippen LogP contribution in [0.3, 0.4) is 0 Å². The first-order valence-corrected chi connectivity index (χ1v) is 10.3. The van der Waals surface area contributed by atoms with Crippen LogP contribution in [0.15, 0.2) is 69.6 Å². The second-order valence-corrected chi connectivity index (χ2v) is 7.89. The van der Waals surface area contributed by atoms with Gasteiger partial charge in [-0.05, 0) is 24.6 Å². The minimum absolute atomic E-state index is 0.0538. The number of aromatic hydroxyl groups is 1. The summed E-state index contributed by atoms with van der Waals surface area (Å²) in [5.74, 6) is -0.274. The summed E-state index contributed by atoms with van der Waals surface area (Å²) in [7, 11) is 2.77. The standard InChI is InChI=1S/C23H20N2O5S/c1-13-18(22(28)30-3)19(14-8-5-4-6-9-14)25-21(27)17(31-23(25)24-13)12-15-10-7-11-16(29-2)20(15)26/h4-12,19,26H,1-3H3/b17-12-. The molecule has 31 heavy (non-hydrogen) atoms. The number of phenolic OH excluding ortho intramolecular Hbond substituents is 1. The number of nitrogens with zero attached hydrogens (tertiary/aromatic N) is 2. The van der Waals surface area contributed by atoms with Gasteiger partial charge in [-0.3, -0.25) is 9.36 Å². The van der Waals surface area contributed by atoms with Gasteiger partial charge in [0.05, 0.1) is 36.1 Å². The van der Waals surface area contributed by atoms with E-state index in [0.29, 0.717) is 31.9 Å². The molecule has 2 aromatic carbocycles. The normalized spacial score (nSPS) is 16.0. The molecule has 158 valence electrons. The van der Waals surface area contributed by atoms with Gasteiger partial charge >= 0.3 is 5.97 Å². The molecule has 0 saturated carbocycles. The third kappa shape index (κ3) is 3.55. The Kier molecular flexibility index (Phi) is 5.48. The Hall–Kier alpha value is -3.65. The molecule has 1 aliphatic heterocycles. The van der Waals surface area contributed by atoms with Gasteiger partial charge in [-0.15, -0.1) is 0 Å². The number of phenols is 1. The van der Waals surface area contributed by atoms with Gasteiger partial charge in [0.25, 0.3) is 5.56 Å². The summed E-state index contributed by atoms with van der Waals surface area (Å²) in [5.41, 5.74) is 1.72. The maximum atomic E-state index is 13.4. The van der Waals surface area contributed by atoms with Crippen molar-refractivity contribution in [2.24, 2.45) is 4.99 Å². The van der Waals surface area contributed by atoms with E-state index in [1.54, 1.807) is 31.2 Å². The largest absolute Gasteiger partial charge is 0.504 e. The number of carbonyl (C=O) groups excluding carboxylic acids is 1. The van der Waals surface area contributed by atoms with Crippen LogP contribution >= 0.6 is 11.3 Å². The predicted molar refractivity (Wildman–Crippen MR) is 117 cm³/mol. The molecule has 8 heteroatoms. The molecule has 3 aromatic rings. The molecule has 0 saturated heterocycles. The Morgan fingerprint density at radius 1 is 1.16 bits per heavy atom. The zero-order valence-corrected chi connectivity index (χ0v) is 18.0. The van der Waals surface area contributed by atoms with E-state index in [-0.39, 0.29) is 11.3 Å². The van der Waals surface area contributed by atoms with Crippen LogP contribution in [0.25, 0.3) is 6.08 Å². The Balaban J connectivity index is 1.98. The number of thiazole rings is 1. The summed E-state index contributed by atoms with van der Waals surface area (Å²) in [6.07, 6.45) is 1.60. The molecular formula is C23H20N2O5S. The molecule has 1 unspecified atom stereocenters. The highest BCUT2D eigenvalue weighted by Gasteiger charge is 2.32.